The molecule has 0 bridgehead atoms. The van der Waals surface area contributed by atoms with E-state index in [9.17, 15) is 0 Å². The molecule has 0 atom stereocenters. The van der Waals surface area contributed by atoms with Crippen molar-refractivity contribution < 1.29 is 0 Å². The van der Waals surface area contributed by atoms with Gasteiger partial charge in [0.15, 0.2) is 5.11 Å². The molecule has 0 amide bonds. The van der Waals surface area contributed by atoms with Crippen molar-refractivity contribution in [2.75, 3.05) is 32.1 Å². The molecule has 122 valence electrons. The third kappa shape index (κ3) is 5.66. The smallest absolute Gasteiger partial charge is 0.173 e. The summed E-state index contributed by atoms with van der Waals surface area (Å²) < 4.78 is 0. The Morgan fingerprint density at radius 2 is 1.78 bits per heavy atom. The first-order chi connectivity index (χ1) is 11.1. The van der Waals surface area contributed by atoms with Gasteiger partial charge in [0.05, 0.1) is 6.54 Å². The van der Waals surface area contributed by atoms with Gasteiger partial charge in [-0.1, -0.05) is 42.5 Å². The Hall–Kier alpha value is -1.91. The first-order valence-electron chi connectivity index (χ1n) is 7.87. The minimum absolute atomic E-state index is 0.762. The minimum atomic E-state index is 0.762. The van der Waals surface area contributed by atoms with Gasteiger partial charge in [-0.15, -0.1) is 0 Å². The summed E-state index contributed by atoms with van der Waals surface area (Å²) in [5, 5.41) is 4.13. The van der Waals surface area contributed by atoms with Gasteiger partial charge < -0.3 is 15.1 Å². The molecule has 0 aromatic heterocycles. The van der Waals surface area contributed by atoms with E-state index >= 15 is 0 Å². The second kappa shape index (κ2) is 8.65. The van der Waals surface area contributed by atoms with E-state index in [1.807, 2.05) is 6.07 Å². The molecule has 2 aromatic carbocycles. The highest BCUT2D eigenvalue weighted by atomic mass is 32.1. The molecule has 2 aromatic rings. The highest BCUT2D eigenvalue weighted by molar-refractivity contribution is 7.80. The van der Waals surface area contributed by atoms with E-state index in [4.69, 9.17) is 12.2 Å². The van der Waals surface area contributed by atoms with Crippen molar-refractivity contribution in [3.63, 3.8) is 0 Å². The number of anilines is 1. The van der Waals surface area contributed by atoms with Gasteiger partial charge in [-0.3, -0.25) is 0 Å². The first kappa shape index (κ1) is 17.4. The van der Waals surface area contributed by atoms with Crippen LogP contribution in [0.5, 0.6) is 0 Å². The van der Waals surface area contributed by atoms with Gasteiger partial charge in [-0.25, -0.2) is 0 Å². The van der Waals surface area contributed by atoms with Gasteiger partial charge in [0.2, 0.25) is 0 Å². The first-order valence-corrected chi connectivity index (χ1v) is 8.28. The van der Waals surface area contributed by atoms with Crippen molar-refractivity contribution in [2.24, 2.45) is 0 Å². The Labute approximate surface area is 144 Å². The van der Waals surface area contributed by atoms with E-state index in [-0.39, 0.29) is 0 Å². The predicted octanol–water partition coefficient (Wildman–Crippen LogP) is 3.44. The van der Waals surface area contributed by atoms with Crippen molar-refractivity contribution in [3.05, 3.63) is 65.7 Å². The summed E-state index contributed by atoms with van der Waals surface area (Å²) in [6.45, 7) is 4.65. The summed E-state index contributed by atoms with van der Waals surface area (Å²) in [4.78, 5) is 4.30. The third-order valence-corrected chi connectivity index (χ3v) is 3.94. The van der Waals surface area contributed by atoms with Crippen LogP contribution in [0.25, 0.3) is 0 Å². The molecule has 4 heteroatoms. The fourth-order valence-corrected chi connectivity index (χ4v) is 2.60. The molecule has 0 radical (unpaired) electrons. The maximum atomic E-state index is 5.65. The quantitative estimate of drug-likeness (QED) is 0.819. The van der Waals surface area contributed by atoms with E-state index < -0.39 is 0 Å². The molecule has 1 N–H and O–H groups in total. The molecule has 0 aliphatic carbocycles. The molecule has 2 rings (SSSR count). The Kier molecular flexibility index (Phi) is 6.56. The lowest BCUT2D eigenvalue weighted by molar-refractivity contribution is 0.412. The van der Waals surface area contributed by atoms with Crippen molar-refractivity contribution in [1.29, 1.82) is 0 Å². The summed E-state index contributed by atoms with van der Waals surface area (Å²) in [5.74, 6) is 0. The number of hydrogen-bond acceptors (Lipinski definition) is 2. The monoisotopic (exact) mass is 327 g/mol. The number of benzene rings is 2. The lowest BCUT2D eigenvalue weighted by Crippen LogP contribution is -2.42. The average molecular weight is 327 g/mol. The largest absolute Gasteiger partial charge is 0.361 e. The highest BCUT2D eigenvalue weighted by Crippen LogP contribution is 2.19. The standard InChI is InChI=1S/C19H25N3S/c1-16-8-7-11-18(14-16)22(15-17-9-5-4-6-10-17)19(23)20-12-13-21(2)3/h4-11,14H,12-13,15H2,1-3H3,(H,20,23). The van der Waals surface area contributed by atoms with Crippen LogP contribution < -0.4 is 10.2 Å². The van der Waals surface area contributed by atoms with E-state index in [1.165, 1.54) is 11.1 Å². The molecule has 0 saturated carbocycles. The number of aryl methyl sites for hydroxylation is 1. The van der Waals surface area contributed by atoms with Gasteiger partial charge in [0.25, 0.3) is 0 Å². The number of nitrogens with one attached hydrogen (secondary N) is 1. The summed E-state index contributed by atoms with van der Waals surface area (Å²) in [6, 6.07) is 18.9. The molecule has 0 heterocycles. The van der Waals surface area contributed by atoms with Crippen LogP contribution >= 0.6 is 12.2 Å². The molecular formula is C19H25N3S. The van der Waals surface area contributed by atoms with Gasteiger partial charge in [0.1, 0.15) is 0 Å². The van der Waals surface area contributed by atoms with Crippen LogP contribution in [0.1, 0.15) is 11.1 Å². The van der Waals surface area contributed by atoms with Crippen LogP contribution in [0.2, 0.25) is 0 Å². The summed E-state index contributed by atoms with van der Waals surface area (Å²) in [6.07, 6.45) is 0. The van der Waals surface area contributed by atoms with Crippen LogP contribution in [0.3, 0.4) is 0 Å². The summed E-state index contributed by atoms with van der Waals surface area (Å²) in [5.41, 5.74) is 3.60. The number of likely N-dealkylation sites (N-methyl/N-ethyl adjacent to an activating group) is 1. The van der Waals surface area contributed by atoms with Crippen molar-refractivity contribution in [1.82, 2.24) is 10.2 Å². The lowest BCUT2D eigenvalue weighted by atomic mass is 10.1. The van der Waals surface area contributed by atoms with E-state index in [0.717, 1.165) is 30.4 Å². The molecule has 0 spiro atoms. The molecule has 0 saturated heterocycles. The second-order valence-corrected chi connectivity index (χ2v) is 6.33. The van der Waals surface area contributed by atoms with Crippen molar-refractivity contribution in [3.8, 4) is 0 Å². The average Bonchev–Trinajstić information content (AvgIpc) is 2.53. The number of rotatable bonds is 6. The van der Waals surface area contributed by atoms with E-state index in [0.29, 0.717) is 0 Å². The number of thiocarbonyl (C=S) groups is 1. The highest BCUT2D eigenvalue weighted by Gasteiger charge is 2.12. The van der Waals surface area contributed by atoms with Crippen molar-refractivity contribution >= 4 is 23.0 Å². The molecule has 3 nitrogen and oxygen atoms in total. The SMILES string of the molecule is Cc1cccc(N(Cc2ccccc2)C(=S)NCCN(C)C)c1. The maximum Gasteiger partial charge on any atom is 0.173 e. The summed E-state index contributed by atoms with van der Waals surface area (Å²) in [7, 11) is 4.13. The predicted molar refractivity (Wildman–Crippen MR) is 103 cm³/mol. The Balaban J connectivity index is 2.15. The topological polar surface area (TPSA) is 18.5 Å². The fourth-order valence-electron chi connectivity index (χ4n) is 2.32. The molecular weight excluding hydrogens is 302 g/mol. The van der Waals surface area contributed by atoms with Gasteiger partial charge >= 0.3 is 0 Å². The van der Waals surface area contributed by atoms with Gasteiger partial charge in [-0.05, 0) is 56.5 Å². The van der Waals surface area contributed by atoms with Crippen LogP contribution in [-0.4, -0.2) is 37.2 Å². The molecule has 0 fully saturated rings. The van der Waals surface area contributed by atoms with Crippen LogP contribution in [0.15, 0.2) is 54.6 Å². The zero-order valence-electron chi connectivity index (χ0n) is 14.1. The Morgan fingerprint density at radius 1 is 1.04 bits per heavy atom. The zero-order chi connectivity index (χ0) is 16.7. The second-order valence-electron chi connectivity index (χ2n) is 5.95. The Morgan fingerprint density at radius 3 is 2.43 bits per heavy atom. The van der Waals surface area contributed by atoms with Crippen LogP contribution in [0.4, 0.5) is 5.69 Å². The fraction of sp³-hybridized carbons (Fsp3) is 0.316. The molecule has 0 unspecified atom stereocenters. The zero-order valence-corrected chi connectivity index (χ0v) is 14.9. The lowest BCUT2D eigenvalue weighted by Gasteiger charge is -2.27. The van der Waals surface area contributed by atoms with E-state index in [1.54, 1.807) is 0 Å². The van der Waals surface area contributed by atoms with Gasteiger partial charge in [-0.2, -0.15) is 0 Å². The van der Waals surface area contributed by atoms with Crippen LogP contribution in [0, 0.1) is 6.92 Å². The van der Waals surface area contributed by atoms with Crippen LogP contribution in [-0.2, 0) is 6.54 Å². The maximum absolute atomic E-state index is 5.65. The normalized spacial score (nSPS) is 10.6. The van der Waals surface area contributed by atoms with Gasteiger partial charge in [0, 0.05) is 18.8 Å². The van der Waals surface area contributed by atoms with Crippen molar-refractivity contribution in [2.45, 2.75) is 13.5 Å². The number of nitrogens with zero attached hydrogens (tertiary/aromatic N) is 2. The third-order valence-electron chi connectivity index (χ3n) is 3.58. The van der Waals surface area contributed by atoms with E-state index in [2.05, 4.69) is 84.7 Å². The molecule has 23 heavy (non-hydrogen) atoms. The number of hydrogen-bond donors (Lipinski definition) is 1. The molecule has 0 aliphatic heterocycles. The minimum Gasteiger partial charge on any atom is -0.361 e. The molecule has 0 aliphatic rings. The summed E-state index contributed by atoms with van der Waals surface area (Å²) >= 11 is 5.65. The Bertz CT molecular complexity index is 626.